The standard InChI is InChI=1S/C60H42N2Si/c1-6-21-43(22-7-1)45-25-18-26-46(41-45)61-55-36-17-16-33-52(55)53-35-20-38-58(60(53)61)62-56-40-39-50(42-54(56)59-51(34-19-37-57(59)62)44-23-8-2-9-24-44)63(47-27-10-3-11-28-47,48-29-12-4-13-30-48)49-31-14-5-15-32-49/h1-42H. The summed E-state index contributed by atoms with van der Waals surface area (Å²) in [5.41, 5.74) is 11.8. The molecule has 296 valence electrons. The van der Waals surface area contributed by atoms with Crippen molar-refractivity contribution in [2.75, 3.05) is 0 Å². The van der Waals surface area contributed by atoms with E-state index in [1.165, 1.54) is 86.6 Å². The van der Waals surface area contributed by atoms with Gasteiger partial charge in [0, 0.05) is 27.2 Å². The average molecular weight is 819 g/mol. The number of nitrogens with zero attached hydrogens (tertiary/aromatic N) is 2. The minimum Gasteiger partial charge on any atom is -0.307 e. The van der Waals surface area contributed by atoms with E-state index in [2.05, 4.69) is 264 Å². The maximum atomic E-state index is 2.55. The fourth-order valence-electron chi connectivity index (χ4n) is 10.4. The van der Waals surface area contributed by atoms with Crippen LogP contribution in [0.15, 0.2) is 255 Å². The van der Waals surface area contributed by atoms with Crippen molar-refractivity contribution in [2.45, 2.75) is 0 Å². The van der Waals surface area contributed by atoms with Gasteiger partial charge in [-0.2, -0.15) is 0 Å². The Hall–Kier alpha value is -7.98. The van der Waals surface area contributed by atoms with Crippen LogP contribution in [0.4, 0.5) is 0 Å². The van der Waals surface area contributed by atoms with Gasteiger partial charge in [-0.05, 0) is 79.4 Å². The second-order valence-electron chi connectivity index (χ2n) is 16.4. The van der Waals surface area contributed by atoms with E-state index < -0.39 is 8.07 Å². The lowest BCUT2D eigenvalue weighted by Gasteiger charge is -2.34. The number of fused-ring (bicyclic) bond motifs is 6. The highest BCUT2D eigenvalue weighted by Gasteiger charge is 2.41. The second-order valence-corrected chi connectivity index (χ2v) is 20.2. The maximum Gasteiger partial charge on any atom is 0.179 e. The highest BCUT2D eigenvalue weighted by Crippen LogP contribution is 2.42. The number of aromatic nitrogens is 2. The molecular formula is C60H42N2Si. The van der Waals surface area contributed by atoms with Crippen LogP contribution in [0.5, 0.6) is 0 Å². The highest BCUT2D eigenvalue weighted by atomic mass is 28.3. The molecule has 63 heavy (non-hydrogen) atoms. The number of rotatable bonds is 8. The fraction of sp³-hybridized carbons (Fsp3) is 0. The van der Waals surface area contributed by atoms with Crippen LogP contribution in [0.25, 0.3) is 77.2 Å². The molecule has 0 radical (unpaired) electrons. The average Bonchev–Trinajstić information content (AvgIpc) is 3.89. The molecule has 3 heteroatoms. The van der Waals surface area contributed by atoms with Crippen LogP contribution in [-0.4, -0.2) is 17.2 Å². The van der Waals surface area contributed by atoms with Gasteiger partial charge in [0.1, 0.15) is 0 Å². The number of para-hydroxylation sites is 2. The third-order valence-electron chi connectivity index (χ3n) is 13.1. The third kappa shape index (κ3) is 5.85. The molecular weight excluding hydrogens is 777 g/mol. The molecule has 0 saturated carbocycles. The van der Waals surface area contributed by atoms with Crippen LogP contribution < -0.4 is 20.7 Å². The van der Waals surface area contributed by atoms with Crippen molar-refractivity contribution in [3.8, 4) is 33.6 Å². The van der Waals surface area contributed by atoms with Gasteiger partial charge in [-0.1, -0.05) is 218 Å². The molecule has 0 spiro atoms. The minimum atomic E-state index is -2.84. The molecule has 10 aromatic carbocycles. The van der Waals surface area contributed by atoms with Crippen molar-refractivity contribution in [3.05, 3.63) is 255 Å². The zero-order chi connectivity index (χ0) is 41.7. The lowest BCUT2D eigenvalue weighted by atomic mass is 9.99. The van der Waals surface area contributed by atoms with Gasteiger partial charge in [0.15, 0.2) is 8.07 Å². The topological polar surface area (TPSA) is 9.86 Å². The van der Waals surface area contributed by atoms with Crippen LogP contribution in [0, 0.1) is 0 Å². The first-order valence-corrected chi connectivity index (χ1v) is 23.8. The lowest BCUT2D eigenvalue weighted by Crippen LogP contribution is -2.74. The summed E-state index contributed by atoms with van der Waals surface area (Å²) in [5.74, 6) is 0. The zero-order valence-corrected chi connectivity index (χ0v) is 35.6. The van der Waals surface area contributed by atoms with Crippen LogP contribution in [0.3, 0.4) is 0 Å². The molecule has 0 bridgehead atoms. The van der Waals surface area contributed by atoms with E-state index in [-0.39, 0.29) is 0 Å². The molecule has 0 aliphatic rings. The SMILES string of the molecule is c1ccc(-c2cccc(-n3c4ccccc4c4cccc(-n5c6ccc([Si](c7ccccc7)(c7ccccc7)c7ccccc7)cc6c6c(-c7ccccc7)cccc65)c43)c2)cc1. The second kappa shape index (κ2) is 15.2. The summed E-state index contributed by atoms with van der Waals surface area (Å²) in [6, 6.07) is 94.3. The van der Waals surface area contributed by atoms with E-state index in [1.807, 2.05) is 0 Å². The van der Waals surface area contributed by atoms with Crippen molar-refractivity contribution < 1.29 is 0 Å². The molecule has 2 heterocycles. The van der Waals surface area contributed by atoms with Crippen molar-refractivity contribution in [2.24, 2.45) is 0 Å². The summed E-state index contributed by atoms with van der Waals surface area (Å²) in [7, 11) is -2.84. The molecule has 2 aromatic heterocycles. The van der Waals surface area contributed by atoms with Crippen LogP contribution in [0.2, 0.25) is 0 Å². The van der Waals surface area contributed by atoms with Gasteiger partial charge < -0.3 is 9.13 Å². The Kier molecular flexibility index (Phi) is 8.87. The lowest BCUT2D eigenvalue weighted by molar-refractivity contribution is 1.13. The Balaban J connectivity index is 1.21. The van der Waals surface area contributed by atoms with Crippen molar-refractivity contribution in [3.63, 3.8) is 0 Å². The Labute approximate surface area is 368 Å². The summed E-state index contributed by atoms with van der Waals surface area (Å²) in [6.07, 6.45) is 0. The van der Waals surface area contributed by atoms with Crippen LogP contribution >= 0.6 is 0 Å². The summed E-state index contributed by atoms with van der Waals surface area (Å²) in [5, 5.41) is 10.4. The number of hydrogen-bond donors (Lipinski definition) is 0. The smallest absolute Gasteiger partial charge is 0.179 e. The Morgan fingerprint density at radius 1 is 0.286 bits per heavy atom. The number of benzene rings is 10. The molecule has 2 nitrogen and oxygen atoms in total. The normalized spacial score (nSPS) is 11.8. The van der Waals surface area contributed by atoms with Gasteiger partial charge >= 0.3 is 0 Å². The van der Waals surface area contributed by atoms with E-state index in [4.69, 9.17) is 0 Å². The molecule has 0 fully saturated rings. The Morgan fingerprint density at radius 3 is 1.46 bits per heavy atom. The van der Waals surface area contributed by atoms with Gasteiger partial charge in [-0.25, -0.2) is 0 Å². The van der Waals surface area contributed by atoms with E-state index in [0.717, 1.165) is 11.4 Å². The zero-order valence-electron chi connectivity index (χ0n) is 34.6. The van der Waals surface area contributed by atoms with E-state index >= 15 is 0 Å². The molecule has 0 N–H and O–H groups in total. The largest absolute Gasteiger partial charge is 0.307 e. The highest BCUT2D eigenvalue weighted by molar-refractivity contribution is 7.20. The van der Waals surface area contributed by atoms with Crippen molar-refractivity contribution in [1.29, 1.82) is 0 Å². The van der Waals surface area contributed by atoms with Gasteiger partial charge in [0.05, 0.1) is 27.8 Å². The first-order valence-electron chi connectivity index (χ1n) is 21.8. The van der Waals surface area contributed by atoms with E-state index in [1.54, 1.807) is 0 Å². The molecule has 0 aliphatic heterocycles. The minimum absolute atomic E-state index is 1.13. The first-order chi connectivity index (χ1) is 31.3. The first kappa shape index (κ1) is 36.8. The van der Waals surface area contributed by atoms with Crippen LogP contribution in [0.1, 0.15) is 0 Å². The Morgan fingerprint density at radius 2 is 0.794 bits per heavy atom. The van der Waals surface area contributed by atoms with Gasteiger partial charge in [0.25, 0.3) is 0 Å². The Bertz CT molecular complexity index is 3500. The van der Waals surface area contributed by atoms with Crippen molar-refractivity contribution >= 4 is 72.4 Å². The molecule has 12 rings (SSSR count). The van der Waals surface area contributed by atoms with E-state index in [0.29, 0.717) is 0 Å². The predicted octanol–water partition coefficient (Wildman–Crippen LogP) is 12.6. The summed E-state index contributed by atoms with van der Waals surface area (Å²) >= 11 is 0. The van der Waals surface area contributed by atoms with Crippen LogP contribution in [-0.2, 0) is 0 Å². The third-order valence-corrected chi connectivity index (χ3v) is 17.8. The summed E-state index contributed by atoms with van der Waals surface area (Å²) in [4.78, 5) is 0. The quantitative estimate of drug-likeness (QED) is 0.107. The molecule has 0 saturated heterocycles. The molecule has 12 aromatic rings. The summed E-state index contributed by atoms with van der Waals surface area (Å²) in [6.45, 7) is 0. The molecule has 0 aliphatic carbocycles. The van der Waals surface area contributed by atoms with Gasteiger partial charge in [0.2, 0.25) is 0 Å². The monoisotopic (exact) mass is 818 g/mol. The van der Waals surface area contributed by atoms with Crippen molar-refractivity contribution in [1.82, 2.24) is 9.13 Å². The maximum absolute atomic E-state index is 2.84. The predicted molar refractivity (Wildman–Crippen MR) is 270 cm³/mol. The van der Waals surface area contributed by atoms with Gasteiger partial charge in [-0.3, -0.25) is 0 Å². The summed E-state index contributed by atoms with van der Waals surface area (Å²) < 4.78 is 5.02. The molecule has 0 amide bonds. The molecule has 0 unspecified atom stereocenters. The fourth-order valence-corrected chi connectivity index (χ4v) is 15.2. The number of hydrogen-bond acceptors (Lipinski definition) is 0. The molecule has 0 atom stereocenters. The van der Waals surface area contributed by atoms with Gasteiger partial charge in [-0.15, -0.1) is 0 Å². The van der Waals surface area contributed by atoms with E-state index in [9.17, 15) is 0 Å².